The lowest BCUT2D eigenvalue weighted by Gasteiger charge is -2.01. The molecule has 0 radical (unpaired) electrons. The summed E-state index contributed by atoms with van der Waals surface area (Å²) in [5.41, 5.74) is -0.191. The molecule has 0 bridgehead atoms. The third-order valence-electron chi connectivity index (χ3n) is 2.12. The van der Waals surface area contributed by atoms with Gasteiger partial charge in [0.2, 0.25) is 0 Å². The fourth-order valence-electron chi connectivity index (χ4n) is 1.36. The largest absolute Gasteiger partial charge is 0.465 e. The van der Waals surface area contributed by atoms with Gasteiger partial charge in [0.1, 0.15) is 5.69 Å². The van der Waals surface area contributed by atoms with Crippen LogP contribution in [0.3, 0.4) is 0 Å². The number of pyridine rings is 1. The van der Waals surface area contributed by atoms with Gasteiger partial charge in [-0.2, -0.15) is 0 Å². The van der Waals surface area contributed by atoms with E-state index in [0.717, 1.165) is 7.11 Å². The van der Waals surface area contributed by atoms with Gasteiger partial charge in [0.25, 0.3) is 5.78 Å². The molecule has 0 spiro atoms. The van der Waals surface area contributed by atoms with Gasteiger partial charge in [-0.15, -0.1) is 0 Å². The Morgan fingerprint density at radius 3 is 2.71 bits per heavy atom. The second kappa shape index (κ2) is 4.17. The number of carbonyl (C=O) groups is 3. The van der Waals surface area contributed by atoms with Crippen molar-refractivity contribution < 1.29 is 23.9 Å². The van der Waals surface area contributed by atoms with Crippen molar-refractivity contribution in [3.63, 3.8) is 0 Å². The molecule has 0 aliphatic carbocycles. The minimum atomic E-state index is -1.11. The van der Waals surface area contributed by atoms with E-state index in [9.17, 15) is 14.4 Å². The van der Waals surface area contributed by atoms with Crippen LogP contribution in [0.25, 0.3) is 5.76 Å². The molecule has 2 heterocycles. The highest BCUT2D eigenvalue weighted by molar-refractivity contribution is 6.51. The lowest BCUT2D eigenvalue weighted by Crippen LogP contribution is -2.16. The summed E-state index contributed by atoms with van der Waals surface area (Å²) in [6, 6.07) is 4.81. The van der Waals surface area contributed by atoms with E-state index in [1.54, 1.807) is 12.1 Å². The van der Waals surface area contributed by atoms with Crippen LogP contribution in [0.4, 0.5) is 0 Å². The first-order valence-electron chi connectivity index (χ1n) is 4.65. The number of aromatic nitrogens is 1. The highest BCUT2D eigenvalue weighted by atomic mass is 16.6. The highest BCUT2D eigenvalue weighted by Gasteiger charge is 2.40. The number of Topliss-reactive ketones (excluding diaryl/α,β-unsaturated/α-hetero) is 1. The number of nitrogens with zero attached hydrogens (tertiary/aromatic N) is 1. The normalized spacial score (nSPS) is 14.9. The summed E-state index contributed by atoms with van der Waals surface area (Å²) in [4.78, 5) is 37.9. The number of cyclic esters (lactones) is 1. The summed E-state index contributed by atoms with van der Waals surface area (Å²) >= 11 is 0. The maximum atomic E-state index is 11.4. The molecule has 0 saturated heterocycles. The first-order chi connectivity index (χ1) is 8.15. The SMILES string of the molecule is COC(=O)C1=C(c2ccccn2)OC(=O)C1=O. The van der Waals surface area contributed by atoms with Crippen molar-refractivity contribution in [3.8, 4) is 0 Å². The molecule has 0 fully saturated rings. The standard InChI is InChI=1S/C11H7NO5/c1-16-10(14)7-8(13)11(15)17-9(7)6-4-2-3-5-12-6/h2-5H,1H3. The molecule has 86 valence electrons. The molecule has 6 heteroatoms. The van der Waals surface area contributed by atoms with Gasteiger partial charge in [0.05, 0.1) is 7.11 Å². The van der Waals surface area contributed by atoms with Crippen LogP contribution in [0.15, 0.2) is 30.0 Å². The Hall–Kier alpha value is -2.50. The minimum Gasteiger partial charge on any atom is -0.465 e. The zero-order chi connectivity index (χ0) is 12.4. The second-order valence-electron chi connectivity index (χ2n) is 3.13. The summed E-state index contributed by atoms with van der Waals surface area (Å²) in [5.74, 6) is -3.20. The fourth-order valence-corrected chi connectivity index (χ4v) is 1.36. The number of ether oxygens (including phenoxy) is 2. The molecule has 1 aliphatic rings. The van der Waals surface area contributed by atoms with Crippen LogP contribution in [0.5, 0.6) is 0 Å². The maximum absolute atomic E-state index is 11.4. The maximum Gasteiger partial charge on any atom is 0.385 e. The first kappa shape index (κ1) is 11.0. The van der Waals surface area contributed by atoms with E-state index in [-0.39, 0.29) is 11.5 Å². The van der Waals surface area contributed by atoms with Crippen molar-refractivity contribution in [1.82, 2.24) is 4.98 Å². The van der Waals surface area contributed by atoms with Crippen LogP contribution < -0.4 is 0 Å². The fraction of sp³-hybridized carbons (Fsp3) is 0.0909. The molecule has 0 atom stereocenters. The Morgan fingerprint density at radius 1 is 1.35 bits per heavy atom. The van der Waals surface area contributed by atoms with Crippen molar-refractivity contribution in [2.24, 2.45) is 0 Å². The van der Waals surface area contributed by atoms with Gasteiger partial charge in [-0.3, -0.25) is 9.78 Å². The van der Waals surface area contributed by atoms with Crippen molar-refractivity contribution in [1.29, 1.82) is 0 Å². The molecule has 1 aliphatic heterocycles. The number of hydrogen-bond acceptors (Lipinski definition) is 6. The van der Waals surface area contributed by atoms with E-state index >= 15 is 0 Å². The zero-order valence-corrected chi connectivity index (χ0v) is 8.80. The van der Waals surface area contributed by atoms with E-state index in [1.165, 1.54) is 12.3 Å². The topological polar surface area (TPSA) is 82.6 Å². The molecule has 6 nitrogen and oxygen atoms in total. The summed E-state index contributed by atoms with van der Waals surface area (Å²) in [5, 5.41) is 0. The van der Waals surface area contributed by atoms with E-state index in [4.69, 9.17) is 4.74 Å². The van der Waals surface area contributed by atoms with E-state index < -0.39 is 23.3 Å². The summed E-state index contributed by atoms with van der Waals surface area (Å²) in [6.07, 6.45) is 1.45. The number of esters is 2. The molecule has 0 amide bonds. The third-order valence-corrected chi connectivity index (χ3v) is 2.12. The van der Waals surface area contributed by atoms with Crippen molar-refractivity contribution in [2.75, 3.05) is 7.11 Å². The van der Waals surface area contributed by atoms with E-state index in [2.05, 4.69) is 9.72 Å². The average molecular weight is 233 g/mol. The van der Waals surface area contributed by atoms with E-state index in [1.807, 2.05) is 0 Å². The first-order valence-corrected chi connectivity index (χ1v) is 4.65. The Morgan fingerprint density at radius 2 is 2.12 bits per heavy atom. The minimum absolute atomic E-state index is 0.160. The van der Waals surface area contributed by atoms with Crippen LogP contribution in [0.2, 0.25) is 0 Å². The summed E-state index contributed by atoms with van der Waals surface area (Å²) in [6.45, 7) is 0. The Labute approximate surface area is 95.9 Å². The highest BCUT2D eigenvalue weighted by Crippen LogP contribution is 2.26. The van der Waals surface area contributed by atoms with Gasteiger partial charge in [0, 0.05) is 6.20 Å². The zero-order valence-electron chi connectivity index (χ0n) is 8.80. The predicted octanol–water partition coefficient (Wildman–Crippen LogP) is 0.0916. The quantitative estimate of drug-likeness (QED) is 0.409. The molecular weight excluding hydrogens is 226 g/mol. The summed E-state index contributed by atoms with van der Waals surface area (Å²) < 4.78 is 9.15. The molecule has 2 rings (SSSR count). The van der Waals surface area contributed by atoms with Gasteiger partial charge in [-0.05, 0) is 12.1 Å². The van der Waals surface area contributed by atoms with Crippen molar-refractivity contribution >= 4 is 23.5 Å². The van der Waals surface area contributed by atoms with Crippen LogP contribution in [-0.4, -0.2) is 29.8 Å². The van der Waals surface area contributed by atoms with Gasteiger partial charge < -0.3 is 9.47 Å². The predicted molar refractivity (Wildman–Crippen MR) is 54.3 cm³/mol. The molecule has 0 aromatic carbocycles. The van der Waals surface area contributed by atoms with Gasteiger partial charge in [-0.25, -0.2) is 9.59 Å². The Kier molecular flexibility index (Phi) is 2.70. The Balaban J connectivity index is 2.55. The monoisotopic (exact) mass is 233 g/mol. The van der Waals surface area contributed by atoms with Gasteiger partial charge >= 0.3 is 11.9 Å². The lowest BCUT2D eigenvalue weighted by molar-refractivity contribution is -0.146. The average Bonchev–Trinajstić information content (AvgIpc) is 2.66. The molecule has 0 N–H and O–H groups in total. The molecule has 17 heavy (non-hydrogen) atoms. The summed E-state index contributed by atoms with van der Waals surface area (Å²) in [7, 11) is 1.11. The number of carbonyl (C=O) groups excluding carboxylic acids is 3. The van der Waals surface area contributed by atoms with Crippen LogP contribution in [0, 0.1) is 0 Å². The molecule has 0 unspecified atom stereocenters. The smallest absolute Gasteiger partial charge is 0.385 e. The number of rotatable bonds is 2. The molecule has 1 aromatic heterocycles. The van der Waals surface area contributed by atoms with Crippen molar-refractivity contribution in [3.05, 3.63) is 35.7 Å². The second-order valence-corrected chi connectivity index (χ2v) is 3.13. The van der Waals surface area contributed by atoms with Crippen molar-refractivity contribution in [2.45, 2.75) is 0 Å². The van der Waals surface area contributed by atoms with E-state index in [0.29, 0.717) is 0 Å². The third kappa shape index (κ3) is 1.80. The van der Waals surface area contributed by atoms with Gasteiger partial charge in [-0.1, -0.05) is 6.07 Å². The molecule has 1 aromatic rings. The number of methoxy groups -OCH3 is 1. The number of hydrogen-bond donors (Lipinski definition) is 0. The number of ketones is 1. The van der Waals surface area contributed by atoms with Crippen LogP contribution in [0.1, 0.15) is 5.69 Å². The lowest BCUT2D eigenvalue weighted by atomic mass is 10.1. The van der Waals surface area contributed by atoms with Crippen LogP contribution >= 0.6 is 0 Å². The van der Waals surface area contributed by atoms with Crippen LogP contribution in [-0.2, 0) is 23.9 Å². The van der Waals surface area contributed by atoms with Gasteiger partial charge in [0.15, 0.2) is 11.3 Å². The molecular formula is C11H7NO5. The Bertz CT molecular complexity index is 532. The molecule has 0 saturated carbocycles.